The normalized spacial score (nSPS) is 14.8. The number of hydrogen-bond acceptors (Lipinski definition) is 4. The van der Waals surface area contributed by atoms with Crippen LogP contribution < -0.4 is 5.32 Å². The van der Waals surface area contributed by atoms with Crippen LogP contribution in [-0.4, -0.2) is 16.0 Å². The van der Waals surface area contributed by atoms with Crippen molar-refractivity contribution in [1.29, 1.82) is 0 Å². The van der Waals surface area contributed by atoms with Gasteiger partial charge in [-0.05, 0) is 53.4 Å². The number of anilines is 1. The second kappa shape index (κ2) is 5.52. The summed E-state index contributed by atoms with van der Waals surface area (Å²) >= 11 is 3.25. The summed E-state index contributed by atoms with van der Waals surface area (Å²) in [6, 6.07) is 3.47. The van der Waals surface area contributed by atoms with E-state index in [4.69, 9.17) is 4.42 Å². The Kier molecular flexibility index (Phi) is 3.71. The maximum atomic E-state index is 12.2. The van der Waals surface area contributed by atoms with Gasteiger partial charge >= 0.3 is 0 Å². The van der Waals surface area contributed by atoms with Gasteiger partial charge in [-0.3, -0.25) is 4.79 Å². The summed E-state index contributed by atoms with van der Waals surface area (Å²) < 4.78 is 5.90. The van der Waals surface area contributed by atoms with Crippen LogP contribution in [0, 0.1) is 6.92 Å². The molecule has 1 amide bonds. The number of nitrogens with zero attached hydrogens (tertiary/aromatic N) is 1. The molecule has 1 saturated carbocycles. The number of aryl methyl sites for hydroxylation is 1. The number of aromatic nitrogens is 1. The molecule has 1 aliphatic rings. The van der Waals surface area contributed by atoms with Gasteiger partial charge in [0.2, 0.25) is 0 Å². The van der Waals surface area contributed by atoms with E-state index in [-0.39, 0.29) is 11.4 Å². The van der Waals surface area contributed by atoms with Crippen molar-refractivity contribution in [3.63, 3.8) is 0 Å². The molecule has 6 heteroatoms. The Labute approximate surface area is 130 Å². The van der Waals surface area contributed by atoms with Crippen molar-refractivity contribution in [2.75, 3.05) is 5.32 Å². The van der Waals surface area contributed by atoms with E-state index in [1.807, 2.05) is 6.92 Å². The number of carbonyl (C=O) groups excluding carboxylic acids is 1. The van der Waals surface area contributed by atoms with Crippen molar-refractivity contribution in [2.24, 2.45) is 0 Å². The molecule has 3 rings (SSSR count). The molecule has 0 unspecified atom stereocenters. The second-order valence-corrected chi connectivity index (χ2v) is 6.15. The Morgan fingerprint density at radius 1 is 1.48 bits per heavy atom. The van der Waals surface area contributed by atoms with E-state index in [1.54, 1.807) is 12.1 Å². The fraction of sp³-hybridized carbons (Fsp3) is 0.333. The third-order valence-electron chi connectivity index (χ3n) is 3.66. The van der Waals surface area contributed by atoms with Gasteiger partial charge in [-0.2, -0.15) is 0 Å². The van der Waals surface area contributed by atoms with Gasteiger partial charge < -0.3 is 14.8 Å². The molecule has 0 saturated heterocycles. The first-order chi connectivity index (χ1) is 10.0. The maximum Gasteiger partial charge on any atom is 0.277 e. The first-order valence-electron chi connectivity index (χ1n) is 6.80. The summed E-state index contributed by atoms with van der Waals surface area (Å²) in [7, 11) is 0. The first-order valence-corrected chi connectivity index (χ1v) is 7.60. The highest BCUT2D eigenvalue weighted by Gasteiger charge is 2.25. The third kappa shape index (κ3) is 2.81. The number of halogens is 1. The zero-order valence-corrected chi connectivity index (χ0v) is 13.1. The second-order valence-electron chi connectivity index (χ2n) is 5.30. The number of amides is 1. The van der Waals surface area contributed by atoms with Crippen LogP contribution >= 0.6 is 15.9 Å². The van der Waals surface area contributed by atoms with Crippen molar-refractivity contribution in [3.05, 3.63) is 40.0 Å². The quantitative estimate of drug-likeness (QED) is 0.821. The zero-order chi connectivity index (χ0) is 15.0. The minimum atomic E-state index is -0.392. The fourth-order valence-electron chi connectivity index (χ4n) is 2.25. The largest absolute Gasteiger partial charge is 0.505 e. The van der Waals surface area contributed by atoms with Crippen LogP contribution in [-0.2, 0) is 0 Å². The molecular formula is C15H15BrN2O3. The highest BCUT2D eigenvalue weighted by molar-refractivity contribution is 9.10. The van der Waals surface area contributed by atoms with Gasteiger partial charge in [-0.25, -0.2) is 4.98 Å². The van der Waals surface area contributed by atoms with E-state index in [9.17, 15) is 9.90 Å². The minimum Gasteiger partial charge on any atom is -0.505 e. The highest BCUT2D eigenvalue weighted by atomic mass is 79.9. The molecule has 0 atom stereocenters. The average Bonchev–Trinajstić information content (AvgIpc) is 2.82. The van der Waals surface area contributed by atoms with Gasteiger partial charge in [0.15, 0.2) is 17.3 Å². The van der Waals surface area contributed by atoms with Crippen LogP contribution in [0.5, 0.6) is 5.75 Å². The van der Waals surface area contributed by atoms with Crippen molar-refractivity contribution in [2.45, 2.75) is 32.1 Å². The smallest absolute Gasteiger partial charge is 0.277 e. The molecule has 1 aromatic carbocycles. The summed E-state index contributed by atoms with van der Waals surface area (Å²) in [6.07, 6.45) is 4.67. The molecule has 2 N–H and O–H groups in total. The van der Waals surface area contributed by atoms with Crippen LogP contribution in [0.1, 0.15) is 47.1 Å². The number of hydrogen-bond donors (Lipinski definition) is 2. The van der Waals surface area contributed by atoms with Crippen LogP contribution in [0.3, 0.4) is 0 Å². The Morgan fingerprint density at radius 3 is 2.90 bits per heavy atom. The Morgan fingerprint density at radius 2 is 2.24 bits per heavy atom. The van der Waals surface area contributed by atoms with E-state index in [2.05, 4.69) is 26.2 Å². The number of nitrogens with one attached hydrogen (secondary N) is 1. The van der Waals surface area contributed by atoms with E-state index in [0.29, 0.717) is 22.0 Å². The summed E-state index contributed by atoms with van der Waals surface area (Å²) in [5.41, 5.74) is 1.50. The Balaban J connectivity index is 1.78. The average molecular weight is 351 g/mol. The molecule has 1 aromatic heterocycles. The summed E-state index contributed by atoms with van der Waals surface area (Å²) in [6.45, 7) is 1.88. The van der Waals surface area contributed by atoms with Gasteiger partial charge in [0.1, 0.15) is 6.26 Å². The highest BCUT2D eigenvalue weighted by Crippen LogP contribution is 2.36. The van der Waals surface area contributed by atoms with Crippen LogP contribution in [0.25, 0.3) is 0 Å². The molecular weight excluding hydrogens is 336 g/mol. The van der Waals surface area contributed by atoms with E-state index >= 15 is 0 Å². The molecule has 0 bridgehead atoms. The van der Waals surface area contributed by atoms with Crippen LogP contribution in [0.4, 0.5) is 5.69 Å². The van der Waals surface area contributed by atoms with Crippen LogP contribution in [0.15, 0.2) is 27.3 Å². The number of phenols is 1. The molecule has 5 nitrogen and oxygen atoms in total. The van der Waals surface area contributed by atoms with E-state index < -0.39 is 5.91 Å². The van der Waals surface area contributed by atoms with Crippen molar-refractivity contribution in [1.82, 2.24) is 4.98 Å². The van der Waals surface area contributed by atoms with Gasteiger partial charge in [0, 0.05) is 5.92 Å². The fourth-order valence-corrected chi connectivity index (χ4v) is 2.83. The summed E-state index contributed by atoms with van der Waals surface area (Å²) in [5.74, 6) is 0.572. The lowest BCUT2D eigenvalue weighted by molar-refractivity contribution is 0.102. The molecule has 21 heavy (non-hydrogen) atoms. The number of aromatic hydroxyl groups is 1. The SMILES string of the molecule is Cc1cc(Br)c(O)c(NC(=O)c2coc(C3CCC3)n2)c1. The van der Waals surface area contributed by atoms with E-state index in [1.165, 1.54) is 12.7 Å². The van der Waals surface area contributed by atoms with Gasteiger partial charge in [0.05, 0.1) is 10.2 Å². The molecule has 1 fully saturated rings. The van der Waals surface area contributed by atoms with Gasteiger partial charge in [-0.1, -0.05) is 6.42 Å². The molecule has 2 aromatic rings. The lowest BCUT2D eigenvalue weighted by atomic mass is 9.85. The molecule has 0 spiro atoms. The Bertz CT molecular complexity index is 692. The van der Waals surface area contributed by atoms with Crippen molar-refractivity contribution in [3.8, 4) is 5.75 Å². The lowest BCUT2D eigenvalue weighted by Crippen LogP contribution is -2.14. The number of carbonyl (C=O) groups is 1. The topological polar surface area (TPSA) is 75.4 Å². The molecule has 1 aliphatic carbocycles. The molecule has 110 valence electrons. The maximum absolute atomic E-state index is 12.2. The Hall–Kier alpha value is -1.82. The first kappa shape index (κ1) is 14.1. The molecule has 1 heterocycles. The molecule has 0 aliphatic heterocycles. The summed E-state index contributed by atoms with van der Waals surface area (Å²) in [4.78, 5) is 16.4. The summed E-state index contributed by atoms with van der Waals surface area (Å²) in [5, 5.41) is 12.6. The minimum absolute atomic E-state index is 0.00309. The van der Waals surface area contributed by atoms with Crippen LogP contribution in [0.2, 0.25) is 0 Å². The number of phenolic OH excluding ortho intramolecular Hbond substituents is 1. The zero-order valence-electron chi connectivity index (χ0n) is 11.5. The van der Waals surface area contributed by atoms with E-state index in [0.717, 1.165) is 18.4 Å². The van der Waals surface area contributed by atoms with Gasteiger partial charge in [0.25, 0.3) is 5.91 Å². The third-order valence-corrected chi connectivity index (χ3v) is 4.27. The predicted octanol–water partition coefficient (Wildman–Crippen LogP) is 3.97. The number of benzene rings is 1. The van der Waals surface area contributed by atoms with Crippen molar-refractivity contribution >= 4 is 27.5 Å². The number of oxazole rings is 1. The van der Waals surface area contributed by atoms with Crippen molar-refractivity contribution < 1.29 is 14.3 Å². The lowest BCUT2D eigenvalue weighted by Gasteiger charge is -2.21. The number of rotatable bonds is 3. The molecule has 0 radical (unpaired) electrons. The van der Waals surface area contributed by atoms with Gasteiger partial charge in [-0.15, -0.1) is 0 Å². The monoisotopic (exact) mass is 350 g/mol. The standard InChI is InChI=1S/C15H15BrN2O3/c1-8-5-10(16)13(19)11(6-8)17-14(20)12-7-21-15(18-12)9-3-2-4-9/h5-7,9,19H,2-4H2,1H3,(H,17,20). The predicted molar refractivity (Wildman–Crippen MR) is 81.6 cm³/mol.